The first-order valence-electron chi connectivity index (χ1n) is 17.1. The molecule has 1 fully saturated rings. The van der Waals surface area contributed by atoms with Gasteiger partial charge in [0, 0.05) is 12.5 Å². The number of imidazole rings is 1. The molecule has 3 aromatic rings. The fourth-order valence-corrected chi connectivity index (χ4v) is 6.83. The van der Waals surface area contributed by atoms with E-state index in [-0.39, 0.29) is 42.0 Å². The summed E-state index contributed by atoms with van der Waals surface area (Å²) < 4.78 is 73.1. The molecule has 4 N–H and O–H groups in total. The van der Waals surface area contributed by atoms with Crippen LogP contribution in [-0.2, 0) is 29.8 Å². The highest BCUT2D eigenvalue weighted by Gasteiger charge is 2.49. The number of aliphatic hydroxyl groups excluding tert-OH is 1. The van der Waals surface area contributed by atoms with Crippen LogP contribution >= 0.6 is 8.18 Å². The number of halogens is 3. The van der Waals surface area contributed by atoms with E-state index >= 15 is 0 Å². The number of aliphatic hydroxyl groups is 1. The number of nitrogens with one attached hydrogen (secondary N) is 1. The molecule has 12 nitrogen and oxygen atoms in total. The molecule has 4 rings (SSSR count). The van der Waals surface area contributed by atoms with E-state index in [1.54, 1.807) is 0 Å². The third-order valence-corrected chi connectivity index (χ3v) is 9.62. The molecule has 274 valence electrons. The second-order valence-corrected chi connectivity index (χ2v) is 13.7. The molecular weight excluding hydrogens is 676 g/mol. The van der Waals surface area contributed by atoms with Crippen molar-refractivity contribution in [3.63, 3.8) is 0 Å². The van der Waals surface area contributed by atoms with E-state index in [9.17, 15) is 27.6 Å². The Morgan fingerprint density at radius 1 is 1.12 bits per heavy atom. The van der Waals surface area contributed by atoms with Gasteiger partial charge in [0.25, 0.3) is 8.18 Å². The summed E-state index contributed by atoms with van der Waals surface area (Å²) in [6, 6.07) is 1.55. The Kier molecular flexibility index (Phi) is 15.1. The van der Waals surface area contributed by atoms with Gasteiger partial charge in [-0.1, -0.05) is 77.1 Å². The number of nitrogen functional groups attached to an aromatic ring is 1. The van der Waals surface area contributed by atoms with Gasteiger partial charge >= 0.3 is 12.0 Å². The SMILES string of the molecule is C#C[C@]1(CO[PH](=O)N[C@@H](Cc2cc(F)cc(F)c2)C(=O)OCCCCCCCCCCCCC)O[C@@H](n2cnc3c(N)nc(F)nc32)C[C@@H]1O. The lowest BCUT2D eigenvalue weighted by Crippen LogP contribution is -2.43. The van der Waals surface area contributed by atoms with E-state index in [1.807, 2.05) is 0 Å². The summed E-state index contributed by atoms with van der Waals surface area (Å²) in [4.78, 5) is 24.3. The number of terminal acetylenes is 1. The molecule has 2 aromatic heterocycles. The standard InChI is InChI=1S/C34H46F3N6O6P/c1-3-5-6-7-8-9-10-11-12-13-14-15-47-32(45)26(18-23-16-24(35)19-25(36)17-23)42-50(46)48-21-34(4-2)27(44)20-28(49-34)43-22-39-29-30(38)40-33(37)41-31(29)43/h2,16-17,19,22,26-28,44,50H,3,5-15,18,20-21H2,1H3,(H,42,46)(H2,38,40,41)/t26-,27-,28+,34+/m0/s1. The van der Waals surface area contributed by atoms with E-state index in [4.69, 9.17) is 26.2 Å². The number of fused-ring (bicyclic) bond motifs is 1. The summed E-state index contributed by atoms with van der Waals surface area (Å²) in [5, 5.41) is 13.5. The molecule has 16 heteroatoms. The third-order valence-electron chi connectivity index (χ3n) is 8.63. The zero-order valence-corrected chi connectivity index (χ0v) is 29.2. The number of unbranched alkanes of at least 4 members (excludes halogenated alkanes) is 10. The van der Waals surface area contributed by atoms with Crippen molar-refractivity contribution in [3.05, 3.63) is 47.8 Å². The summed E-state index contributed by atoms with van der Waals surface area (Å²) in [7, 11) is -3.28. The second kappa shape index (κ2) is 19.2. The molecular formula is C34H46F3N6O6P. The zero-order chi connectivity index (χ0) is 36.1. The first-order valence-corrected chi connectivity index (χ1v) is 18.4. The average molecular weight is 723 g/mol. The quantitative estimate of drug-likeness (QED) is 0.0392. The first kappa shape index (κ1) is 39.2. The number of nitrogens with zero attached hydrogens (tertiary/aromatic N) is 4. The van der Waals surface area contributed by atoms with E-state index in [0.29, 0.717) is 12.5 Å². The van der Waals surface area contributed by atoms with Crippen LogP contribution in [-0.4, -0.2) is 61.6 Å². The van der Waals surface area contributed by atoms with Crippen LogP contribution in [0.5, 0.6) is 0 Å². The number of carbonyl (C=O) groups excluding carboxylic acids is 1. The van der Waals surface area contributed by atoms with E-state index in [0.717, 1.165) is 31.4 Å². The molecule has 5 atom stereocenters. The maximum Gasteiger partial charge on any atom is 0.323 e. The molecule has 0 aliphatic carbocycles. The van der Waals surface area contributed by atoms with Crippen molar-refractivity contribution < 1.29 is 41.6 Å². The van der Waals surface area contributed by atoms with Gasteiger partial charge < -0.3 is 24.8 Å². The van der Waals surface area contributed by atoms with Gasteiger partial charge in [-0.15, -0.1) is 6.42 Å². The van der Waals surface area contributed by atoms with Crippen LogP contribution in [0.2, 0.25) is 0 Å². The van der Waals surface area contributed by atoms with Crippen LogP contribution in [0.25, 0.3) is 11.2 Å². The van der Waals surface area contributed by atoms with Crippen molar-refractivity contribution >= 4 is 31.1 Å². The maximum atomic E-state index is 13.9. The maximum absolute atomic E-state index is 13.9. The molecule has 0 saturated carbocycles. The van der Waals surface area contributed by atoms with Crippen molar-refractivity contribution in [2.75, 3.05) is 18.9 Å². The summed E-state index contributed by atoms with van der Waals surface area (Å²) in [6.07, 6.45) is 15.7. The zero-order valence-electron chi connectivity index (χ0n) is 28.2. The van der Waals surface area contributed by atoms with Gasteiger partial charge in [-0.3, -0.25) is 13.9 Å². The van der Waals surface area contributed by atoms with E-state index < -0.39 is 62.4 Å². The van der Waals surface area contributed by atoms with Crippen molar-refractivity contribution in [3.8, 4) is 12.3 Å². The molecule has 1 aliphatic rings. The van der Waals surface area contributed by atoms with Gasteiger partial charge in [-0.2, -0.15) is 14.4 Å². The summed E-state index contributed by atoms with van der Waals surface area (Å²) in [5.74, 6) is -0.276. The first-order chi connectivity index (χ1) is 24.0. The second-order valence-electron chi connectivity index (χ2n) is 12.5. The predicted molar refractivity (Wildman–Crippen MR) is 181 cm³/mol. The Hall–Kier alpha value is -3.54. The Morgan fingerprint density at radius 2 is 1.76 bits per heavy atom. The van der Waals surface area contributed by atoms with Gasteiger partial charge in [0.2, 0.25) is 0 Å². The van der Waals surface area contributed by atoms with Crippen molar-refractivity contribution in [1.82, 2.24) is 24.6 Å². The number of aromatic nitrogens is 4. The largest absolute Gasteiger partial charge is 0.465 e. The van der Waals surface area contributed by atoms with Gasteiger partial charge in [0.1, 0.15) is 30.0 Å². The highest BCUT2D eigenvalue weighted by Crippen LogP contribution is 2.39. The predicted octanol–water partition coefficient (Wildman–Crippen LogP) is 5.94. The average Bonchev–Trinajstić information content (AvgIpc) is 3.64. The van der Waals surface area contributed by atoms with Crippen LogP contribution < -0.4 is 10.8 Å². The molecule has 0 amide bonds. The molecule has 3 heterocycles. The van der Waals surface area contributed by atoms with Crippen LogP contribution in [0.15, 0.2) is 24.5 Å². The van der Waals surface area contributed by atoms with Crippen LogP contribution in [0.4, 0.5) is 19.0 Å². The topological polar surface area (TPSA) is 164 Å². The Labute approximate surface area is 290 Å². The van der Waals surface area contributed by atoms with Crippen molar-refractivity contribution in [2.24, 2.45) is 0 Å². The number of esters is 1. The lowest BCUT2D eigenvalue weighted by molar-refractivity contribution is -0.145. The van der Waals surface area contributed by atoms with Gasteiger partial charge in [0.05, 0.1) is 19.5 Å². The minimum Gasteiger partial charge on any atom is -0.465 e. The molecule has 1 saturated heterocycles. The number of carbonyl (C=O) groups is 1. The number of anilines is 1. The van der Waals surface area contributed by atoms with Gasteiger partial charge in [0.15, 0.2) is 22.6 Å². The molecule has 50 heavy (non-hydrogen) atoms. The number of benzene rings is 1. The minimum absolute atomic E-state index is 0.0134. The Balaban J connectivity index is 1.31. The summed E-state index contributed by atoms with van der Waals surface area (Å²) in [6.45, 7) is 1.75. The fourth-order valence-electron chi connectivity index (χ4n) is 5.90. The van der Waals surface area contributed by atoms with Gasteiger partial charge in [-0.05, 0) is 30.5 Å². The highest BCUT2D eigenvalue weighted by molar-refractivity contribution is 7.36. The highest BCUT2D eigenvalue weighted by atomic mass is 31.1. The molecule has 0 radical (unpaired) electrons. The monoisotopic (exact) mass is 722 g/mol. The van der Waals surface area contributed by atoms with Crippen LogP contribution in [0, 0.1) is 30.1 Å². The number of hydrogen-bond donors (Lipinski definition) is 3. The van der Waals surface area contributed by atoms with E-state index in [2.05, 4.69) is 32.9 Å². The van der Waals surface area contributed by atoms with Gasteiger partial charge in [-0.25, -0.2) is 18.9 Å². The molecule has 1 aromatic carbocycles. The molecule has 1 unspecified atom stereocenters. The number of hydrogen-bond acceptors (Lipinski definition) is 10. The normalized spacial score (nSPS) is 20.2. The van der Waals surface area contributed by atoms with Crippen LogP contribution in [0.3, 0.4) is 0 Å². The Bertz CT molecular complexity index is 1620. The smallest absolute Gasteiger partial charge is 0.323 e. The number of nitrogens with two attached hydrogens (primary N) is 1. The van der Waals surface area contributed by atoms with Crippen molar-refractivity contribution in [1.29, 1.82) is 0 Å². The third kappa shape index (κ3) is 11.0. The molecule has 1 aliphatic heterocycles. The number of rotatable bonds is 21. The summed E-state index contributed by atoms with van der Waals surface area (Å²) >= 11 is 0. The lowest BCUT2D eigenvalue weighted by Gasteiger charge is -2.26. The van der Waals surface area contributed by atoms with Crippen LogP contribution in [0.1, 0.15) is 95.8 Å². The summed E-state index contributed by atoms with van der Waals surface area (Å²) in [5.41, 5.74) is 4.21. The number of ether oxygens (including phenoxy) is 2. The van der Waals surface area contributed by atoms with Crippen molar-refractivity contribution in [2.45, 2.75) is 114 Å². The molecule has 0 spiro atoms. The Morgan fingerprint density at radius 3 is 2.40 bits per heavy atom. The molecule has 0 bridgehead atoms. The fraction of sp³-hybridized carbons (Fsp3) is 0.588. The lowest BCUT2D eigenvalue weighted by atomic mass is 9.99. The minimum atomic E-state index is -3.28. The van der Waals surface area contributed by atoms with E-state index in [1.165, 1.54) is 55.8 Å².